The third-order valence-corrected chi connectivity index (χ3v) is 3.07. The van der Waals surface area contributed by atoms with Crippen LogP contribution in [0, 0.1) is 0 Å². The standard InChI is InChI=1S/C6H7NO2S.C5H7NO2.C2H6/c1-9-4-2-3-10-5(4)6(7)8;7-4-2-1-3-5(8)6-4;1-2/h2-3H,1H3,(H2,7,8);1-3H2,(H,6,7,8);1-2H3. The second kappa shape index (κ2) is 9.96. The van der Waals surface area contributed by atoms with Crippen LogP contribution in [0.1, 0.15) is 42.8 Å². The molecule has 0 spiro atoms. The van der Waals surface area contributed by atoms with E-state index in [1.165, 1.54) is 18.4 Å². The van der Waals surface area contributed by atoms with Crippen molar-refractivity contribution in [2.24, 2.45) is 5.73 Å². The lowest BCUT2D eigenvalue weighted by Gasteiger charge is -2.07. The predicted molar refractivity (Wildman–Crippen MR) is 77.7 cm³/mol. The van der Waals surface area contributed by atoms with Crippen LogP contribution in [-0.4, -0.2) is 24.8 Å². The molecule has 3 N–H and O–H groups in total. The van der Waals surface area contributed by atoms with E-state index in [4.69, 9.17) is 10.5 Å². The van der Waals surface area contributed by atoms with Gasteiger partial charge in [0.05, 0.1) is 7.11 Å². The summed E-state index contributed by atoms with van der Waals surface area (Å²) in [6.45, 7) is 4.00. The summed E-state index contributed by atoms with van der Waals surface area (Å²) in [4.78, 5) is 31.8. The van der Waals surface area contributed by atoms with Crippen molar-refractivity contribution in [3.63, 3.8) is 0 Å². The Bertz CT molecular complexity index is 443. The Hall–Kier alpha value is -1.89. The van der Waals surface area contributed by atoms with E-state index in [-0.39, 0.29) is 11.8 Å². The Morgan fingerprint density at radius 2 is 1.85 bits per heavy atom. The van der Waals surface area contributed by atoms with E-state index in [2.05, 4.69) is 5.32 Å². The lowest BCUT2D eigenvalue weighted by molar-refractivity contribution is -0.132. The Morgan fingerprint density at radius 3 is 2.15 bits per heavy atom. The molecule has 7 heteroatoms. The molecule has 1 aliphatic rings. The van der Waals surface area contributed by atoms with Gasteiger partial charge in [0.25, 0.3) is 5.91 Å². The normalized spacial score (nSPS) is 13.2. The van der Waals surface area contributed by atoms with Gasteiger partial charge in [-0.3, -0.25) is 19.7 Å². The van der Waals surface area contributed by atoms with Crippen LogP contribution in [0.15, 0.2) is 11.4 Å². The van der Waals surface area contributed by atoms with E-state index in [9.17, 15) is 14.4 Å². The average molecular weight is 300 g/mol. The summed E-state index contributed by atoms with van der Waals surface area (Å²) < 4.78 is 4.86. The number of nitrogens with one attached hydrogen (secondary N) is 1. The molecule has 0 bridgehead atoms. The Labute approximate surface area is 122 Å². The highest BCUT2D eigenvalue weighted by Crippen LogP contribution is 2.22. The van der Waals surface area contributed by atoms with Crippen LogP contribution in [0.25, 0.3) is 0 Å². The first-order chi connectivity index (χ1) is 9.54. The molecule has 2 heterocycles. The summed E-state index contributed by atoms with van der Waals surface area (Å²) in [6, 6.07) is 1.71. The number of piperidine rings is 1. The van der Waals surface area contributed by atoms with E-state index < -0.39 is 5.91 Å². The van der Waals surface area contributed by atoms with E-state index >= 15 is 0 Å². The molecule has 1 saturated heterocycles. The summed E-state index contributed by atoms with van der Waals surface area (Å²) in [5.74, 6) is -0.160. The Morgan fingerprint density at radius 1 is 1.30 bits per heavy atom. The Kier molecular flexibility index (Phi) is 9.02. The second-order valence-corrected chi connectivity index (χ2v) is 4.42. The fourth-order valence-corrected chi connectivity index (χ4v) is 2.04. The number of hydrogen-bond acceptors (Lipinski definition) is 5. The van der Waals surface area contributed by atoms with E-state index in [1.54, 1.807) is 11.4 Å². The molecule has 0 atom stereocenters. The number of primary amides is 1. The lowest BCUT2D eigenvalue weighted by Crippen LogP contribution is -2.33. The van der Waals surface area contributed by atoms with Gasteiger partial charge >= 0.3 is 0 Å². The predicted octanol–water partition coefficient (Wildman–Crippen LogP) is 1.69. The van der Waals surface area contributed by atoms with Crippen molar-refractivity contribution in [3.8, 4) is 5.75 Å². The third-order valence-electron chi connectivity index (χ3n) is 2.16. The van der Waals surface area contributed by atoms with Crippen LogP contribution in [0.4, 0.5) is 0 Å². The molecular weight excluding hydrogens is 280 g/mol. The molecule has 0 aromatic carbocycles. The number of nitrogens with two attached hydrogens (primary N) is 1. The molecule has 0 radical (unpaired) electrons. The van der Waals surface area contributed by atoms with Gasteiger partial charge in [-0.25, -0.2) is 0 Å². The molecule has 0 saturated carbocycles. The molecule has 112 valence electrons. The monoisotopic (exact) mass is 300 g/mol. The van der Waals surface area contributed by atoms with Crippen LogP contribution in [0.3, 0.4) is 0 Å². The largest absolute Gasteiger partial charge is 0.495 e. The molecular formula is C13H20N2O4S. The smallest absolute Gasteiger partial charge is 0.262 e. The van der Waals surface area contributed by atoms with Crippen LogP contribution >= 0.6 is 11.3 Å². The maximum absolute atomic E-state index is 10.6. The highest BCUT2D eigenvalue weighted by molar-refractivity contribution is 7.12. The van der Waals surface area contributed by atoms with E-state index in [0.29, 0.717) is 29.9 Å². The van der Waals surface area contributed by atoms with E-state index in [1.807, 2.05) is 13.8 Å². The number of carbonyl (C=O) groups excluding carboxylic acids is 3. The van der Waals surface area contributed by atoms with Crippen molar-refractivity contribution >= 4 is 29.1 Å². The quantitative estimate of drug-likeness (QED) is 0.812. The van der Waals surface area contributed by atoms with Crippen molar-refractivity contribution in [2.75, 3.05) is 7.11 Å². The van der Waals surface area contributed by atoms with E-state index in [0.717, 1.165) is 0 Å². The van der Waals surface area contributed by atoms with Crippen LogP contribution in [-0.2, 0) is 9.59 Å². The summed E-state index contributed by atoms with van der Waals surface area (Å²) >= 11 is 1.28. The topological polar surface area (TPSA) is 98.5 Å². The van der Waals surface area contributed by atoms with Crippen molar-refractivity contribution in [2.45, 2.75) is 33.1 Å². The fourth-order valence-electron chi connectivity index (χ4n) is 1.33. The van der Waals surface area contributed by atoms with Gasteiger partial charge in [0, 0.05) is 12.8 Å². The molecule has 1 aromatic rings. The van der Waals surface area contributed by atoms with Crippen molar-refractivity contribution in [1.29, 1.82) is 0 Å². The summed E-state index contributed by atoms with van der Waals surface area (Å²) in [5.41, 5.74) is 5.03. The number of thiophene rings is 1. The zero-order chi connectivity index (χ0) is 15.5. The number of rotatable bonds is 2. The van der Waals surface area contributed by atoms with Crippen molar-refractivity contribution in [3.05, 3.63) is 16.3 Å². The van der Waals surface area contributed by atoms with Crippen molar-refractivity contribution in [1.82, 2.24) is 5.32 Å². The van der Waals surface area contributed by atoms with Gasteiger partial charge in [-0.1, -0.05) is 13.8 Å². The lowest BCUT2D eigenvalue weighted by atomic mass is 10.1. The molecule has 1 aliphatic heterocycles. The molecule has 0 unspecified atom stereocenters. The molecule has 0 aliphatic carbocycles. The first kappa shape index (κ1) is 18.1. The second-order valence-electron chi connectivity index (χ2n) is 3.51. The summed E-state index contributed by atoms with van der Waals surface area (Å²) in [6.07, 6.45) is 1.72. The maximum Gasteiger partial charge on any atom is 0.262 e. The molecule has 6 nitrogen and oxygen atoms in total. The molecule has 1 fully saturated rings. The van der Waals surface area contributed by atoms with Crippen LogP contribution in [0.2, 0.25) is 0 Å². The first-order valence-corrected chi connectivity index (χ1v) is 7.16. The number of hydrogen-bond donors (Lipinski definition) is 2. The third kappa shape index (κ3) is 6.33. The van der Waals surface area contributed by atoms with Gasteiger partial charge in [-0.2, -0.15) is 0 Å². The van der Waals surface area contributed by atoms with Crippen molar-refractivity contribution < 1.29 is 19.1 Å². The molecule has 1 aromatic heterocycles. The van der Waals surface area contributed by atoms with Gasteiger partial charge in [0.1, 0.15) is 10.6 Å². The summed E-state index contributed by atoms with van der Waals surface area (Å²) in [5, 5.41) is 3.96. The Balaban J connectivity index is 0.000000327. The zero-order valence-electron chi connectivity index (χ0n) is 11.9. The number of methoxy groups -OCH3 is 1. The number of ether oxygens (including phenoxy) is 1. The highest BCUT2D eigenvalue weighted by Gasteiger charge is 2.13. The SMILES string of the molecule is CC.COc1ccsc1C(N)=O.O=C1CCCC(=O)N1. The van der Waals surface area contributed by atoms with Crippen LogP contribution < -0.4 is 15.8 Å². The fraction of sp³-hybridized carbons (Fsp3) is 0.462. The van der Waals surface area contributed by atoms with Gasteiger partial charge in [-0.05, 0) is 17.9 Å². The number of imide groups is 1. The summed E-state index contributed by atoms with van der Waals surface area (Å²) in [7, 11) is 1.51. The van der Waals surface area contributed by atoms with Gasteiger partial charge in [0.15, 0.2) is 0 Å². The van der Waals surface area contributed by atoms with Crippen LogP contribution in [0.5, 0.6) is 5.75 Å². The number of amides is 3. The first-order valence-electron chi connectivity index (χ1n) is 6.28. The van der Waals surface area contributed by atoms with Gasteiger partial charge < -0.3 is 10.5 Å². The van der Waals surface area contributed by atoms with Gasteiger partial charge in [-0.15, -0.1) is 11.3 Å². The highest BCUT2D eigenvalue weighted by atomic mass is 32.1. The minimum Gasteiger partial charge on any atom is -0.495 e. The molecule has 20 heavy (non-hydrogen) atoms. The number of carbonyl (C=O) groups is 3. The zero-order valence-corrected chi connectivity index (χ0v) is 12.7. The van der Waals surface area contributed by atoms with Gasteiger partial charge in [0.2, 0.25) is 11.8 Å². The molecule has 3 amide bonds. The minimum atomic E-state index is -0.438. The minimum absolute atomic E-state index is 0.138. The molecule has 2 rings (SSSR count). The maximum atomic E-state index is 10.6. The average Bonchev–Trinajstić information content (AvgIpc) is 2.90.